The molecule has 0 spiro atoms. The zero-order valence-electron chi connectivity index (χ0n) is 14.2. The van der Waals surface area contributed by atoms with Crippen LogP contribution in [0.4, 0.5) is 10.1 Å². The fourth-order valence-corrected chi connectivity index (χ4v) is 3.02. The van der Waals surface area contributed by atoms with E-state index in [0.717, 1.165) is 12.8 Å². The molecular formula is C19H20FNO4. The standard InChI is InChI=1S/C19H20FNO4/c1-11-10-16(13-6-8-24-9-7-13)25-19(23)17(11)18(22)21-15-5-3-4-14(20)12(15)2/h3-5,10,13H,6-9H2,1-2H3,(H,21,22). The highest BCUT2D eigenvalue weighted by Gasteiger charge is 2.23. The highest BCUT2D eigenvalue weighted by atomic mass is 19.1. The van der Waals surface area contributed by atoms with Crippen molar-refractivity contribution in [1.29, 1.82) is 0 Å². The molecule has 25 heavy (non-hydrogen) atoms. The normalized spacial score (nSPS) is 15.2. The molecule has 1 amide bonds. The van der Waals surface area contributed by atoms with Crippen LogP contribution in [0, 0.1) is 19.7 Å². The number of carbonyl (C=O) groups is 1. The second kappa shape index (κ2) is 7.19. The van der Waals surface area contributed by atoms with E-state index >= 15 is 0 Å². The SMILES string of the molecule is Cc1cc(C2CCOCC2)oc(=O)c1C(=O)Nc1cccc(F)c1C. The summed E-state index contributed by atoms with van der Waals surface area (Å²) < 4.78 is 24.3. The van der Waals surface area contributed by atoms with Gasteiger partial charge in [0.1, 0.15) is 17.1 Å². The van der Waals surface area contributed by atoms with E-state index in [1.807, 2.05) is 0 Å². The van der Waals surface area contributed by atoms with Crippen LogP contribution < -0.4 is 10.9 Å². The van der Waals surface area contributed by atoms with Gasteiger partial charge >= 0.3 is 5.63 Å². The maximum Gasteiger partial charge on any atom is 0.349 e. The van der Waals surface area contributed by atoms with E-state index < -0.39 is 17.3 Å². The van der Waals surface area contributed by atoms with E-state index in [1.54, 1.807) is 26.0 Å². The van der Waals surface area contributed by atoms with Crippen LogP contribution in [0.1, 0.15) is 46.0 Å². The molecule has 0 saturated carbocycles. The third-order valence-corrected chi connectivity index (χ3v) is 4.53. The Labute approximate surface area is 144 Å². The molecule has 3 rings (SSSR count). The molecule has 1 aromatic carbocycles. The molecule has 0 unspecified atom stereocenters. The highest BCUT2D eigenvalue weighted by molar-refractivity contribution is 6.05. The van der Waals surface area contributed by atoms with Gasteiger partial charge in [0, 0.05) is 30.4 Å². The number of hydrogen-bond donors (Lipinski definition) is 1. The molecule has 2 aromatic rings. The summed E-state index contributed by atoms with van der Waals surface area (Å²) in [6.45, 7) is 4.53. The second-order valence-corrected chi connectivity index (χ2v) is 6.25. The van der Waals surface area contributed by atoms with Gasteiger partial charge in [0.2, 0.25) is 0 Å². The van der Waals surface area contributed by atoms with Crippen LogP contribution in [0.15, 0.2) is 33.5 Å². The van der Waals surface area contributed by atoms with Gasteiger partial charge in [-0.1, -0.05) is 6.07 Å². The van der Waals surface area contributed by atoms with Crippen LogP contribution in [0.25, 0.3) is 0 Å². The third-order valence-electron chi connectivity index (χ3n) is 4.53. The van der Waals surface area contributed by atoms with Gasteiger partial charge in [0.15, 0.2) is 0 Å². The van der Waals surface area contributed by atoms with Crippen molar-refractivity contribution in [1.82, 2.24) is 0 Å². The average molecular weight is 345 g/mol. The predicted octanol–water partition coefficient (Wildman–Crippen LogP) is 3.54. The predicted molar refractivity (Wildman–Crippen MR) is 91.6 cm³/mol. The quantitative estimate of drug-likeness (QED) is 0.924. The summed E-state index contributed by atoms with van der Waals surface area (Å²) in [6, 6.07) is 6.14. The molecule has 2 heterocycles. The number of ether oxygens (including phenoxy) is 1. The van der Waals surface area contributed by atoms with Crippen LogP contribution in [0.2, 0.25) is 0 Å². The number of carbonyl (C=O) groups excluding carboxylic acids is 1. The maximum atomic E-state index is 13.6. The number of halogens is 1. The summed E-state index contributed by atoms with van der Waals surface area (Å²) in [5.41, 5.74) is 0.464. The zero-order valence-corrected chi connectivity index (χ0v) is 14.2. The fraction of sp³-hybridized carbons (Fsp3) is 0.368. The molecule has 1 aliphatic rings. The third kappa shape index (κ3) is 3.64. The Morgan fingerprint density at radius 3 is 2.64 bits per heavy atom. The van der Waals surface area contributed by atoms with Crippen molar-refractivity contribution in [3.63, 3.8) is 0 Å². The smallest absolute Gasteiger partial charge is 0.349 e. The summed E-state index contributed by atoms with van der Waals surface area (Å²) in [7, 11) is 0. The van der Waals surface area contributed by atoms with Crippen LogP contribution >= 0.6 is 0 Å². The number of amides is 1. The Kier molecular flexibility index (Phi) is 4.99. The molecular weight excluding hydrogens is 325 g/mol. The molecule has 0 aliphatic carbocycles. The number of hydrogen-bond acceptors (Lipinski definition) is 4. The molecule has 1 N–H and O–H groups in total. The van der Waals surface area contributed by atoms with E-state index in [2.05, 4.69) is 5.32 Å². The summed E-state index contributed by atoms with van der Waals surface area (Å²) in [5.74, 6) is -0.304. The Hall–Kier alpha value is -2.47. The topological polar surface area (TPSA) is 68.5 Å². The minimum Gasteiger partial charge on any atom is -0.427 e. The first kappa shape index (κ1) is 17.4. The van der Waals surface area contributed by atoms with Gasteiger partial charge in [-0.25, -0.2) is 9.18 Å². The molecule has 1 aromatic heterocycles. The van der Waals surface area contributed by atoms with Gasteiger partial charge in [-0.3, -0.25) is 4.79 Å². The van der Waals surface area contributed by atoms with Crippen molar-refractivity contribution in [2.45, 2.75) is 32.6 Å². The minimum atomic E-state index is -0.673. The lowest BCUT2D eigenvalue weighted by Crippen LogP contribution is -2.24. The lowest BCUT2D eigenvalue weighted by Gasteiger charge is -2.21. The van der Waals surface area contributed by atoms with E-state index in [1.165, 1.54) is 12.1 Å². The largest absolute Gasteiger partial charge is 0.427 e. The first-order chi connectivity index (χ1) is 12.0. The van der Waals surface area contributed by atoms with Crippen molar-refractivity contribution in [3.05, 3.63) is 63.0 Å². The van der Waals surface area contributed by atoms with Crippen molar-refractivity contribution in [2.75, 3.05) is 18.5 Å². The van der Waals surface area contributed by atoms with Crippen molar-refractivity contribution >= 4 is 11.6 Å². The average Bonchev–Trinajstić information content (AvgIpc) is 2.59. The summed E-state index contributed by atoms with van der Waals surface area (Å²) >= 11 is 0. The van der Waals surface area contributed by atoms with Crippen LogP contribution in [-0.4, -0.2) is 19.1 Å². The number of nitrogens with one attached hydrogen (secondary N) is 1. The van der Waals surface area contributed by atoms with E-state index in [0.29, 0.717) is 35.8 Å². The van der Waals surface area contributed by atoms with Gasteiger partial charge < -0.3 is 14.5 Å². The number of rotatable bonds is 3. The molecule has 1 aliphatic heterocycles. The molecule has 1 saturated heterocycles. The molecule has 1 fully saturated rings. The first-order valence-corrected chi connectivity index (χ1v) is 8.26. The van der Waals surface area contributed by atoms with Crippen molar-refractivity contribution < 1.29 is 18.3 Å². The Bertz CT molecular complexity index is 853. The number of anilines is 1. The van der Waals surface area contributed by atoms with Gasteiger partial charge in [-0.15, -0.1) is 0 Å². The number of benzene rings is 1. The summed E-state index contributed by atoms with van der Waals surface area (Å²) in [4.78, 5) is 24.8. The Balaban J connectivity index is 1.88. The summed E-state index contributed by atoms with van der Waals surface area (Å²) in [5, 5.41) is 2.59. The maximum absolute atomic E-state index is 13.6. The number of aryl methyl sites for hydroxylation is 1. The first-order valence-electron chi connectivity index (χ1n) is 8.26. The van der Waals surface area contributed by atoms with Crippen LogP contribution in [0.5, 0.6) is 0 Å². The van der Waals surface area contributed by atoms with Crippen LogP contribution in [-0.2, 0) is 4.74 Å². The molecule has 132 valence electrons. The Morgan fingerprint density at radius 2 is 1.96 bits per heavy atom. The van der Waals surface area contributed by atoms with Crippen molar-refractivity contribution in [2.24, 2.45) is 0 Å². The monoisotopic (exact) mass is 345 g/mol. The molecule has 5 nitrogen and oxygen atoms in total. The van der Waals surface area contributed by atoms with Gasteiger partial charge in [0.05, 0.1) is 0 Å². The lowest BCUT2D eigenvalue weighted by molar-refractivity contribution is 0.0796. The van der Waals surface area contributed by atoms with E-state index in [-0.39, 0.29) is 11.5 Å². The lowest BCUT2D eigenvalue weighted by atomic mass is 9.95. The van der Waals surface area contributed by atoms with Gasteiger partial charge in [-0.2, -0.15) is 0 Å². The molecule has 0 atom stereocenters. The van der Waals surface area contributed by atoms with Crippen molar-refractivity contribution in [3.8, 4) is 0 Å². The highest BCUT2D eigenvalue weighted by Crippen LogP contribution is 2.27. The van der Waals surface area contributed by atoms with E-state index in [4.69, 9.17) is 9.15 Å². The fourth-order valence-electron chi connectivity index (χ4n) is 3.02. The Morgan fingerprint density at radius 1 is 1.24 bits per heavy atom. The van der Waals surface area contributed by atoms with Crippen LogP contribution in [0.3, 0.4) is 0 Å². The molecule has 6 heteroatoms. The van der Waals surface area contributed by atoms with E-state index in [9.17, 15) is 14.0 Å². The molecule has 0 bridgehead atoms. The molecule has 0 radical (unpaired) electrons. The van der Waals surface area contributed by atoms with Gasteiger partial charge in [-0.05, 0) is 50.5 Å². The summed E-state index contributed by atoms with van der Waals surface area (Å²) in [6.07, 6.45) is 1.58. The second-order valence-electron chi connectivity index (χ2n) is 6.25. The minimum absolute atomic E-state index is 0.0560. The zero-order chi connectivity index (χ0) is 18.0. The van der Waals surface area contributed by atoms with Gasteiger partial charge in [0.25, 0.3) is 5.91 Å².